The first-order valence-electron chi connectivity index (χ1n) is 8.17. The summed E-state index contributed by atoms with van der Waals surface area (Å²) in [6.07, 6.45) is 0. The molecule has 1 amide bonds. The molecule has 0 spiro atoms. The third-order valence-corrected chi connectivity index (χ3v) is 4.47. The molecule has 3 rings (SSSR count). The summed E-state index contributed by atoms with van der Waals surface area (Å²) in [5.41, 5.74) is 3.89. The molecule has 138 valence electrons. The molecule has 7 heteroatoms. The first-order valence-corrected chi connectivity index (χ1v) is 9.12. The van der Waals surface area contributed by atoms with Gasteiger partial charge in [-0.1, -0.05) is 12.1 Å². The molecule has 0 saturated carbocycles. The SMILES string of the molecule is COc1cc(C(=O)Nc2ccccc2C(C)=O)ccc1OCc1cscn1. The van der Waals surface area contributed by atoms with Gasteiger partial charge in [0.15, 0.2) is 17.3 Å². The van der Waals surface area contributed by atoms with Crippen LogP contribution in [0.1, 0.15) is 33.3 Å². The number of ether oxygens (including phenoxy) is 2. The van der Waals surface area contributed by atoms with Gasteiger partial charge in [-0.15, -0.1) is 11.3 Å². The van der Waals surface area contributed by atoms with Crippen LogP contribution in [0.15, 0.2) is 53.4 Å². The van der Waals surface area contributed by atoms with E-state index in [1.807, 2.05) is 5.38 Å². The highest BCUT2D eigenvalue weighted by atomic mass is 32.1. The lowest BCUT2D eigenvalue weighted by atomic mass is 10.1. The Morgan fingerprint density at radius 1 is 1.15 bits per heavy atom. The maximum absolute atomic E-state index is 12.6. The van der Waals surface area contributed by atoms with E-state index >= 15 is 0 Å². The van der Waals surface area contributed by atoms with E-state index in [1.54, 1.807) is 48.0 Å². The highest BCUT2D eigenvalue weighted by Crippen LogP contribution is 2.29. The van der Waals surface area contributed by atoms with Crippen LogP contribution in [-0.4, -0.2) is 23.8 Å². The summed E-state index contributed by atoms with van der Waals surface area (Å²) >= 11 is 1.50. The highest BCUT2D eigenvalue weighted by molar-refractivity contribution is 7.07. The Kier molecular flexibility index (Phi) is 5.83. The topological polar surface area (TPSA) is 77.5 Å². The molecule has 1 aromatic heterocycles. The van der Waals surface area contributed by atoms with Crippen molar-refractivity contribution in [2.75, 3.05) is 12.4 Å². The fraction of sp³-hybridized carbons (Fsp3) is 0.150. The standard InChI is InChI=1S/C20H18N2O4S/c1-13(23)16-5-3-4-6-17(16)22-20(24)14-7-8-18(19(9-14)25-2)26-10-15-11-27-12-21-15/h3-9,11-12H,10H2,1-2H3,(H,22,24). The van der Waals surface area contributed by atoms with Gasteiger partial charge in [0.25, 0.3) is 5.91 Å². The molecule has 0 radical (unpaired) electrons. The van der Waals surface area contributed by atoms with E-state index in [0.29, 0.717) is 34.9 Å². The zero-order valence-corrected chi connectivity index (χ0v) is 15.7. The molecule has 0 atom stereocenters. The van der Waals surface area contributed by atoms with Gasteiger partial charge in [-0.25, -0.2) is 4.98 Å². The second-order valence-electron chi connectivity index (χ2n) is 5.69. The number of carbonyl (C=O) groups excluding carboxylic acids is 2. The number of ketones is 1. The number of carbonyl (C=O) groups is 2. The molecular weight excluding hydrogens is 364 g/mol. The number of methoxy groups -OCH3 is 1. The minimum Gasteiger partial charge on any atom is -0.493 e. The molecular formula is C20H18N2O4S. The van der Waals surface area contributed by atoms with Gasteiger partial charge in [0.05, 0.1) is 24.0 Å². The lowest BCUT2D eigenvalue weighted by molar-refractivity contribution is 0.101. The predicted octanol–water partition coefficient (Wildman–Crippen LogP) is 4.19. The Bertz CT molecular complexity index is 954. The third-order valence-electron chi connectivity index (χ3n) is 3.84. The molecule has 2 aromatic carbocycles. The quantitative estimate of drug-likeness (QED) is 0.620. The van der Waals surface area contributed by atoms with Crippen molar-refractivity contribution in [3.63, 3.8) is 0 Å². The average molecular weight is 382 g/mol. The lowest BCUT2D eigenvalue weighted by Gasteiger charge is -2.12. The van der Waals surface area contributed by atoms with Crippen molar-refractivity contribution in [2.24, 2.45) is 0 Å². The Balaban J connectivity index is 1.76. The summed E-state index contributed by atoms with van der Waals surface area (Å²) in [5.74, 6) is 0.506. The molecule has 0 saturated heterocycles. The normalized spacial score (nSPS) is 10.3. The molecule has 1 heterocycles. The predicted molar refractivity (Wildman–Crippen MR) is 104 cm³/mol. The van der Waals surface area contributed by atoms with Gasteiger partial charge in [0.2, 0.25) is 0 Å². The second kappa shape index (κ2) is 8.46. The van der Waals surface area contributed by atoms with Crippen molar-refractivity contribution in [2.45, 2.75) is 13.5 Å². The van der Waals surface area contributed by atoms with Crippen molar-refractivity contribution in [3.8, 4) is 11.5 Å². The van der Waals surface area contributed by atoms with Gasteiger partial charge >= 0.3 is 0 Å². The number of nitrogens with zero attached hydrogens (tertiary/aromatic N) is 1. The van der Waals surface area contributed by atoms with E-state index in [4.69, 9.17) is 9.47 Å². The summed E-state index contributed by atoms with van der Waals surface area (Å²) in [7, 11) is 1.51. The smallest absolute Gasteiger partial charge is 0.255 e. The zero-order valence-electron chi connectivity index (χ0n) is 14.9. The monoisotopic (exact) mass is 382 g/mol. The third kappa shape index (κ3) is 4.51. The molecule has 27 heavy (non-hydrogen) atoms. The Morgan fingerprint density at radius 3 is 2.67 bits per heavy atom. The van der Waals surface area contributed by atoms with E-state index in [1.165, 1.54) is 25.4 Å². The van der Waals surface area contributed by atoms with Crippen LogP contribution in [-0.2, 0) is 6.61 Å². The summed E-state index contributed by atoms with van der Waals surface area (Å²) in [6, 6.07) is 11.8. The molecule has 0 fully saturated rings. The van der Waals surface area contributed by atoms with Crippen molar-refractivity contribution < 1.29 is 19.1 Å². The Hall–Kier alpha value is -3.19. The van der Waals surface area contributed by atoms with Crippen LogP contribution >= 0.6 is 11.3 Å². The van der Waals surface area contributed by atoms with E-state index in [9.17, 15) is 9.59 Å². The number of rotatable bonds is 7. The number of amides is 1. The molecule has 0 unspecified atom stereocenters. The van der Waals surface area contributed by atoms with E-state index < -0.39 is 0 Å². The van der Waals surface area contributed by atoms with Crippen LogP contribution in [0.4, 0.5) is 5.69 Å². The Morgan fingerprint density at radius 2 is 1.96 bits per heavy atom. The number of aromatic nitrogens is 1. The molecule has 3 aromatic rings. The Labute approximate surface area is 160 Å². The van der Waals surface area contributed by atoms with Gasteiger partial charge in [-0.3, -0.25) is 9.59 Å². The minimum absolute atomic E-state index is 0.116. The van der Waals surface area contributed by atoms with Crippen LogP contribution in [0.25, 0.3) is 0 Å². The average Bonchev–Trinajstić information content (AvgIpc) is 3.20. The van der Waals surface area contributed by atoms with Crippen molar-refractivity contribution in [1.82, 2.24) is 4.98 Å². The maximum Gasteiger partial charge on any atom is 0.255 e. The summed E-state index contributed by atoms with van der Waals surface area (Å²) in [6.45, 7) is 1.78. The van der Waals surface area contributed by atoms with Crippen LogP contribution in [0, 0.1) is 0 Å². The fourth-order valence-electron chi connectivity index (χ4n) is 2.48. The number of anilines is 1. The maximum atomic E-state index is 12.6. The van der Waals surface area contributed by atoms with Crippen LogP contribution in [0.2, 0.25) is 0 Å². The van der Waals surface area contributed by atoms with Gasteiger partial charge in [0, 0.05) is 16.5 Å². The number of benzene rings is 2. The summed E-state index contributed by atoms with van der Waals surface area (Å²) in [4.78, 5) is 28.5. The number of hydrogen-bond donors (Lipinski definition) is 1. The number of Topliss-reactive ketones (excluding diaryl/α,β-unsaturated/α-hetero) is 1. The van der Waals surface area contributed by atoms with Gasteiger partial charge in [-0.05, 0) is 37.3 Å². The number of thiazole rings is 1. The minimum atomic E-state index is -0.340. The van der Waals surface area contributed by atoms with Gasteiger partial charge in [0.1, 0.15) is 6.61 Å². The van der Waals surface area contributed by atoms with Gasteiger partial charge < -0.3 is 14.8 Å². The summed E-state index contributed by atoms with van der Waals surface area (Å²) < 4.78 is 11.1. The van der Waals surface area contributed by atoms with E-state index in [0.717, 1.165) is 5.69 Å². The fourth-order valence-corrected chi connectivity index (χ4v) is 3.03. The first kappa shape index (κ1) is 18.6. The van der Waals surface area contributed by atoms with Crippen LogP contribution in [0.5, 0.6) is 11.5 Å². The molecule has 0 aliphatic carbocycles. The van der Waals surface area contributed by atoms with E-state index in [-0.39, 0.29) is 11.7 Å². The molecule has 0 aliphatic heterocycles. The van der Waals surface area contributed by atoms with Crippen LogP contribution < -0.4 is 14.8 Å². The number of hydrogen-bond acceptors (Lipinski definition) is 6. The number of nitrogens with one attached hydrogen (secondary N) is 1. The second-order valence-corrected chi connectivity index (χ2v) is 6.41. The molecule has 0 bridgehead atoms. The molecule has 1 N–H and O–H groups in total. The highest BCUT2D eigenvalue weighted by Gasteiger charge is 2.14. The largest absolute Gasteiger partial charge is 0.493 e. The molecule has 0 aliphatic rings. The van der Waals surface area contributed by atoms with Crippen molar-refractivity contribution in [1.29, 1.82) is 0 Å². The zero-order chi connectivity index (χ0) is 19.2. The molecule has 6 nitrogen and oxygen atoms in total. The van der Waals surface area contributed by atoms with Gasteiger partial charge in [-0.2, -0.15) is 0 Å². The number of para-hydroxylation sites is 1. The van der Waals surface area contributed by atoms with Crippen LogP contribution in [0.3, 0.4) is 0 Å². The first-order chi connectivity index (χ1) is 13.1. The van der Waals surface area contributed by atoms with Crippen molar-refractivity contribution in [3.05, 3.63) is 70.2 Å². The van der Waals surface area contributed by atoms with Crippen molar-refractivity contribution >= 4 is 28.7 Å². The van der Waals surface area contributed by atoms with E-state index in [2.05, 4.69) is 10.3 Å². The lowest BCUT2D eigenvalue weighted by Crippen LogP contribution is -2.14. The summed E-state index contributed by atoms with van der Waals surface area (Å²) in [5, 5.41) is 4.67.